The zero-order valence-corrected chi connectivity index (χ0v) is 14.4. The third-order valence-electron chi connectivity index (χ3n) is 4.43. The first-order chi connectivity index (χ1) is 12.4. The monoisotopic (exact) mass is 377 g/mol. The van der Waals surface area contributed by atoms with Crippen LogP contribution in [0.4, 0.5) is 13.2 Å². The summed E-state index contributed by atoms with van der Waals surface area (Å²) in [6, 6.07) is 4.60. The minimum atomic E-state index is -4.38. The molecule has 0 aliphatic heterocycles. The Morgan fingerprint density at radius 2 is 1.88 bits per heavy atom. The maximum atomic E-state index is 12.7. The first kappa shape index (κ1) is 17.0. The number of benzene rings is 1. The van der Waals surface area contributed by atoms with E-state index in [9.17, 15) is 18.0 Å². The van der Waals surface area contributed by atoms with Gasteiger partial charge in [-0.25, -0.2) is 4.98 Å². The molecule has 0 saturated heterocycles. The van der Waals surface area contributed by atoms with Crippen molar-refractivity contribution in [2.75, 3.05) is 0 Å². The summed E-state index contributed by atoms with van der Waals surface area (Å²) in [6.45, 7) is 0. The van der Waals surface area contributed by atoms with Crippen molar-refractivity contribution in [3.8, 4) is 0 Å². The van der Waals surface area contributed by atoms with Crippen LogP contribution in [-0.4, -0.2) is 15.9 Å². The predicted molar refractivity (Wildman–Crippen MR) is 95.0 cm³/mol. The van der Waals surface area contributed by atoms with Crippen molar-refractivity contribution in [3.63, 3.8) is 0 Å². The van der Waals surface area contributed by atoms with E-state index in [1.807, 2.05) is 0 Å². The van der Waals surface area contributed by atoms with E-state index in [0.29, 0.717) is 10.9 Å². The lowest BCUT2D eigenvalue weighted by Gasteiger charge is -2.09. The summed E-state index contributed by atoms with van der Waals surface area (Å²) in [5.74, 6) is 0. The van der Waals surface area contributed by atoms with Crippen LogP contribution in [0.3, 0.4) is 0 Å². The summed E-state index contributed by atoms with van der Waals surface area (Å²) in [4.78, 5) is 19.0. The fourth-order valence-electron chi connectivity index (χ4n) is 3.11. The number of aryl methyl sites for hydroxylation is 2. The molecular formula is C18H14F3N3OS. The maximum Gasteiger partial charge on any atom is 0.416 e. The summed E-state index contributed by atoms with van der Waals surface area (Å²) >= 11 is 1.56. The summed E-state index contributed by atoms with van der Waals surface area (Å²) in [6.07, 6.45) is 2.37. The molecule has 3 aromatic rings. The minimum Gasteiger partial charge on any atom is -0.267 e. The number of nitrogens with zero attached hydrogens (tertiary/aromatic N) is 3. The van der Waals surface area contributed by atoms with Gasteiger partial charge in [0.15, 0.2) is 0 Å². The maximum absolute atomic E-state index is 12.7. The van der Waals surface area contributed by atoms with E-state index < -0.39 is 11.7 Å². The molecule has 2 heterocycles. The van der Waals surface area contributed by atoms with Gasteiger partial charge in [-0.15, -0.1) is 11.3 Å². The summed E-state index contributed by atoms with van der Waals surface area (Å²) in [7, 11) is 0. The molecule has 4 nitrogen and oxygen atoms in total. The van der Waals surface area contributed by atoms with E-state index in [-0.39, 0.29) is 5.56 Å². The Hall–Kier alpha value is -2.48. The third-order valence-corrected chi connectivity index (χ3v) is 5.63. The molecule has 8 heteroatoms. The van der Waals surface area contributed by atoms with Crippen LogP contribution in [0.5, 0.6) is 0 Å². The molecule has 1 aliphatic carbocycles. The van der Waals surface area contributed by atoms with Crippen molar-refractivity contribution in [1.82, 2.24) is 9.66 Å². The Balaban J connectivity index is 1.68. The molecule has 1 aliphatic rings. The van der Waals surface area contributed by atoms with E-state index in [2.05, 4.69) is 10.1 Å². The van der Waals surface area contributed by atoms with Crippen LogP contribution < -0.4 is 5.56 Å². The Morgan fingerprint density at radius 1 is 1.15 bits per heavy atom. The van der Waals surface area contributed by atoms with E-state index in [0.717, 1.165) is 52.9 Å². The van der Waals surface area contributed by atoms with E-state index in [4.69, 9.17) is 0 Å². The van der Waals surface area contributed by atoms with E-state index in [1.54, 1.807) is 11.3 Å². The Morgan fingerprint density at radius 3 is 2.62 bits per heavy atom. The van der Waals surface area contributed by atoms with E-state index >= 15 is 0 Å². The van der Waals surface area contributed by atoms with Gasteiger partial charge in [0.25, 0.3) is 5.56 Å². The van der Waals surface area contributed by atoms with Crippen LogP contribution in [0.2, 0.25) is 0 Å². The number of hydrogen-bond donors (Lipinski definition) is 0. The van der Waals surface area contributed by atoms with Gasteiger partial charge < -0.3 is 0 Å². The molecule has 0 N–H and O–H groups in total. The number of fused-ring (bicyclic) bond motifs is 3. The first-order valence-electron chi connectivity index (χ1n) is 8.17. The molecule has 0 fully saturated rings. The molecule has 0 atom stereocenters. The van der Waals surface area contributed by atoms with Crippen molar-refractivity contribution in [3.05, 3.63) is 62.5 Å². The summed E-state index contributed by atoms with van der Waals surface area (Å²) in [5, 5.41) is 4.71. The van der Waals surface area contributed by atoms with Gasteiger partial charge in [-0.2, -0.15) is 22.9 Å². The van der Waals surface area contributed by atoms with Crippen molar-refractivity contribution in [2.45, 2.75) is 31.9 Å². The second-order valence-corrected chi connectivity index (χ2v) is 7.23. The fourth-order valence-corrected chi connectivity index (χ4v) is 4.33. The van der Waals surface area contributed by atoms with E-state index in [1.165, 1.54) is 29.6 Å². The molecule has 0 saturated carbocycles. The van der Waals surface area contributed by atoms with Crippen LogP contribution in [-0.2, 0) is 19.0 Å². The number of aromatic nitrogens is 2. The highest BCUT2D eigenvalue weighted by Gasteiger charge is 2.29. The minimum absolute atomic E-state index is 0.238. The van der Waals surface area contributed by atoms with Gasteiger partial charge in [0.1, 0.15) is 11.2 Å². The molecule has 2 aromatic heterocycles. The van der Waals surface area contributed by atoms with Crippen LogP contribution >= 0.6 is 11.3 Å². The van der Waals surface area contributed by atoms with Gasteiger partial charge in [-0.1, -0.05) is 12.1 Å². The van der Waals surface area contributed by atoms with Crippen molar-refractivity contribution in [1.29, 1.82) is 0 Å². The van der Waals surface area contributed by atoms with Gasteiger partial charge in [-0.05, 0) is 48.9 Å². The Labute approximate surface area is 150 Å². The highest BCUT2D eigenvalue weighted by molar-refractivity contribution is 7.18. The average Bonchev–Trinajstić information content (AvgIpc) is 3.00. The normalized spacial score (nSPS) is 14.9. The van der Waals surface area contributed by atoms with Gasteiger partial charge in [0.05, 0.1) is 17.2 Å². The largest absolute Gasteiger partial charge is 0.416 e. The average molecular weight is 377 g/mol. The van der Waals surface area contributed by atoms with Crippen molar-refractivity contribution < 1.29 is 13.2 Å². The number of hydrogen-bond acceptors (Lipinski definition) is 4. The van der Waals surface area contributed by atoms with Crippen LogP contribution in [0, 0.1) is 0 Å². The molecule has 0 bridgehead atoms. The first-order valence-corrected chi connectivity index (χ1v) is 8.98. The number of alkyl halides is 3. The summed E-state index contributed by atoms with van der Waals surface area (Å²) < 4.78 is 38.9. The lowest BCUT2D eigenvalue weighted by atomic mass is 9.97. The molecule has 0 spiro atoms. The zero-order chi connectivity index (χ0) is 18.3. The highest BCUT2D eigenvalue weighted by atomic mass is 32.1. The molecule has 0 radical (unpaired) electrons. The number of thiophene rings is 1. The molecule has 26 heavy (non-hydrogen) atoms. The Kier molecular flexibility index (Phi) is 4.14. The molecule has 134 valence electrons. The van der Waals surface area contributed by atoms with Gasteiger partial charge >= 0.3 is 6.18 Å². The van der Waals surface area contributed by atoms with Gasteiger partial charge in [-0.3, -0.25) is 4.79 Å². The molecule has 0 amide bonds. The molecule has 4 rings (SSSR count). The van der Waals surface area contributed by atoms with Gasteiger partial charge in [0, 0.05) is 4.88 Å². The molecule has 1 aromatic carbocycles. The SMILES string of the molecule is O=c1c2c3c(sc2ncn1N=Cc1ccc(C(F)(F)F)cc1)CCCC3. The lowest BCUT2D eigenvalue weighted by molar-refractivity contribution is -0.137. The second-order valence-electron chi connectivity index (χ2n) is 6.15. The smallest absolute Gasteiger partial charge is 0.267 e. The summed E-state index contributed by atoms with van der Waals surface area (Å²) in [5.41, 5.74) is 0.586. The predicted octanol–water partition coefficient (Wildman–Crippen LogP) is 4.24. The standard InChI is InChI=1S/C18H14F3N3OS/c19-18(20,21)12-7-5-11(6-8-12)9-23-24-10-22-16-15(17(24)25)13-3-1-2-4-14(13)26-16/h5-10H,1-4H2. The third kappa shape index (κ3) is 3.05. The zero-order valence-electron chi connectivity index (χ0n) is 13.6. The highest BCUT2D eigenvalue weighted by Crippen LogP contribution is 2.33. The fraction of sp³-hybridized carbons (Fsp3) is 0.278. The van der Waals surface area contributed by atoms with Gasteiger partial charge in [0.2, 0.25) is 0 Å². The quantitative estimate of drug-likeness (QED) is 0.627. The topological polar surface area (TPSA) is 47.2 Å². The molecular weight excluding hydrogens is 363 g/mol. The van der Waals surface area contributed by atoms with Crippen molar-refractivity contribution in [2.24, 2.45) is 5.10 Å². The van der Waals surface area contributed by atoms with Crippen LogP contribution in [0.15, 0.2) is 40.5 Å². The van der Waals surface area contributed by atoms with Crippen LogP contribution in [0.25, 0.3) is 10.2 Å². The van der Waals surface area contributed by atoms with Crippen molar-refractivity contribution >= 4 is 27.8 Å². The Bertz CT molecular complexity index is 1050. The molecule has 0 unspecified atom stereocenters. The lowest BCUT2D eigenvalue weighted by Crippen LogP contribution is -2.18. The van der Waals surface area contributed by atoms with Crippen LogP contribution in [0.1, 0.15) is 34.4 Å². The second kappa shape index (κ2) is 6.35. The number of halogens is 3. The number of rotatable bonds is 2.